The molecule has 1 aromatic carbocycles. The van der Waals surface area contributed by atoms with E-state index in [1.54, 1.807) is 7.11 Å². The van der Waals surface area contributed by atoms with E-state index in [1.807, 2.05) is 24.3 Å². The number of hydrogen-bond acceptors (Lipinski definition) is 3. The first-order valence-corrected chi connectivity index (χ1v) is 4.20. The molecule has 1 aromatic rings. The summed E-state index contributed by atoms with van der Waals surface area (Å²) in [6.45, 7) is 0. The third-order valence-corrected chi connectivity index (χ3v) is 2.40. The van der Waals surface area contributed by atoms with Gasteiger partial charge in [-0.25, -0.2) is 0 Å². The van der Waals surface area contributed by atoms with Gasteiger partial charge in [0.15, 0.2) is 0 Å². The van der Waals surface area contributed by atoms with E-state index in [9.17, 15) is 0 Å². The Morgan fingerprint density at radius 2 is 2.23 bits per heavy atom. The molecule has 1 atom stereocenters. The van der Waals surface area contributed by atoms with Crippen LogP contribution in [-0.2, 0) is 4.74 Å². The monoisotopic (exact) mass is 177 g/mol. The molecule has 0 fully saturated rings. The number of hydrogen-bond donors (Lipinski definition) is 1. The first-order chi connectivity index (χ1) is 6.36. The molecule has 0 radical (unpaired) electrons. The van der Waals surface area contributed by atoms with E-state index in [0.717, 1.165) is 11.1 Å². The van der Waals surface area contributed by atoms with Crippen molar-refractivity contribution in [2.24, 2.45) is 5.16 Å². The zero-order valence-electron chi connectivity index (χ0n) is 7.40. The molecule has 0 spiro atoms. The lowest BCUT2D eigenvalue weighted by Crippen LogP contribution is -1.96. The van der Waals surface area contributed by atoms with Gasteiger partial charge < -0.3 is 9.94 Å². The minimum atomic E-state index is 0.0436. The predicted octanol–water partition coefficient (Wildman–Crippen LogP) is 1.96. The minimum absolute atomic E-state index is 0.0436. The molecular weight excluding hydrogens is 166 g/mol. The molecule has 3 nitrogen and oxygen atoms in total. The Hall–Kier alpha value is -1.35. The lowest BCUT2D eigenvalue weighted by molar-refractivity contribution is 0.113. The van der Waals surface area contributed by atoms with E-state index in [0.29, 0.717) is 12.1 Å². The summed E-state index contributed by atoms with van der Waals surface area (Å²) in [7, 11) is 1.67. The molecule has 0 saturated carbocycles. The van der Waals surface area contributed by atoms with E-state index < -0.39 is 0 Å². The molecule has 3 heteroatoms. The third-order valence-electron chi connectivity index (χ3n) is 2.40. The van der Waals surface area contributed by atoms with Gasteiger partial charge in [-0.3, -0.25) is 0 Å². The molecular formula is C10H11NO2. The molecule has 1 unspecified atom stereocenters. The summed E-state index contributed by atoms with van der Waals surface area (Å²) >= 11 is 0. The highest BCUT2D eigenvalue weighted by Crippen LogP contribution is 2.33. The Balaban J connectivity index is 2.50. The maximum atomic E-state index is 8.76. The quantitative estimate of drug-likeness (QED) is 0.526. The maximum Gasteiger partial charge on any atom is 0.0900 e. The molecule has 1 N–H and O–H groups in total. The van der Waals surface area contributed by atoms with Crippen LogP contribution in [0.2, 0.25) is 0 Å². The first-order valence-electron chi connectivity index (χ1n) is 4.20. The fourth-order valence-electron chi connectivity index (χ4n) is 1.74. The Kier molecular flexibility index (Phi) is 2.02. The highest BCUT2D eigenvalue weighted by molar-refractivity contribution is 6.04. The lowest BCUT2D eigenvalue weighted by atomic mass is 10.1. The standard InChI is InChI=1S/C10H11NO2/c1-13-10-6-9(11-12)7-4-2-3-5-8(7)10/h2-5,10,12H,6H2,1H3/b11-9-. The summed E-state index contributed by atoms with van der Waals surface area (Å²) in [5.41, 5.74) is 2.82. The Bertz CT molecular complexity index is 347. The summed E-state index contributed by atoms with van der Waals surface area (Å²) in [5.74, 6) is 0. The highest BCUT2D eigenvalue weighted by Gasteiger charge is 2.27. The van der Waals surface area contributed by atoms with Crippen LogP contribution in [0.4, 0.5) is 0 Å². The number of benzene rings is 1. The van der Waals surface area contributed by atoms with E-state index in [4.69, 9.17) is 9.94 Å². The van der Waals surface area contributed by atoms with Gasteiger partial charge in [0.05, 0.1) is 11.8 Å². The Labute approximate surface area is 76.6 Å². The second kappa shape index (κ2) is 3.18. The summed E-state index contributed by atoms with van der Waals surface area (Å²) in [4.78, 5) is 0. The van der Waals surface area contributed by atoms with Crippen molar-refractivity contribution >= 4 is 5.71 Å². The van der Waals surface area contributed by atoms with Crippen molar-refractivity contribution in [3.05, 3.63) is 35.4 Å². The first kappa shape index (κ1) is 8.26. The molecule has 68 valence electrons. The zero-order chi connectivity index (χ0) is 9.26. The van der Waals surface area contributed by atoms with Gasteiger partial charge in [0.2, 0.25) is 0 Å². The maximum absolute atomic E-state index is 8.76. The molecule has 0 aliphatic heterocycles. The van der Waals surface area contributed by atoms with Crippen LogP contribution in [0.3, 0.4) is 0 Å². The smallest absolute Gasteiger partial charge is 0.0900 e. The van der Waals surface area contributed by atoms with Crippen molar-refractivity contribution in [3.8, 4) is 0 Å². The van der Waals surface area contributed by atoms with Gasteiger partial charge in [-0.2, -0.15) is 0 Å². The number of ether oxygens (including phenoxy) is 1. The largest absolute Gasteiger partial charge is 0.411 e. The average molecular weight is 177 g/mol. The van der Waals surface area contributed by atoms with Crippen LogP contribution < -0.4 is 0 Å². The Morgan fingerprint density at radius 3 is 2.92 bits per heavy atom. The van der Waals surface area contributed by atoms with E-state index in [2.05, 4.69) is 5.16 Å². The molecule has 13 heavy (non-hydrogen) atoms. The average Bonchev–Trinajstić information content (AvgIpc) is 2.56. The van der Waals surface area contributed by atoms with Gasteiger partial charge in [-0.15, -0.1) is 0 Å². The molecule has 0 bridgehead atoms. The van der Waals surface area contributed by atoms with Crippen LogP contribution >= 0.6 is 0 Å². The molecule has 0 amide bonds. The van der Waals surface area contributed by atoms with Crippen LogP contribution in [0.1, 0.15) is 23.7 Å². The fourth-order valence-corrected chi connectivity index (χ4v) is 1.74. The predicted molar refractivity (Wildman–Crippen MR) is 49.1 cm³/mol. The minimum Gasteiger partial charge on any atom is -0.411 e. The molecule has 2 rings (SSSR count). The molecule has 1 aliphatic rings. The van der Waals surface area contributed by atoms with Gasteiger partial charge in [0.1, 0.15) is 0 Å². The van der Waals surface area contributed by atoms with E-state index in [1.165, 1.54) is 0 Å². The van der Waals surface area contributed by atoms with Crippen LogP contribution in [-0.4, -0.2) is 18.0 Å². The van der Waals surface area contributed by atoms with Gasteiger partial charge in [0.25, 0.3) is 0 Å². The van der Waals surface area contributed by atoms with Crippen molar-refractivity contribution in [3.63, 3.8) is 0 Å². The topological polar surface area (TPSA) is 41.8 Å². The van der Waals surface area contributed by atoms with Gasteiger partial charge in [-0.05, 0) is 5.56 Å². The summed E-state index contributed by atoms with van der Waals surface area (Å²) < 4.78 is 5.28. The van der Waals surface area contributed by atoms with Crippen molar-refractivity contribution in [2.45, 2.75) is 12.5 Å². The van der Waals surface area contributed by atoms with Crippen molar-refractivity contribution in [1.82, 2.24) is 0 Å². The fraction of sp³-hybridized carbons (Fsp3) is 0.300. The van der Waals surface area contributed by atoms with E-state index >= 15 is 0 Å². The zero-order valence-corrected chi connectivity index (χ0v) is 7.40. The van der Waals surface area contributed by atoms with Crippen molar-refractivity contribution in [2.75, 3.05) is 7.11 Å². The second-order valence-electron chi connectivity index (χ2n) is 3.06. The molecule has 0 heterocycles. The van der Waals surface area contributed by atoms with Crippen LogP contribution in [0.25, 0.3) is 0 Å². The number of fused-ring (bicyclic) bond motifs is 1. The number of nitrogens with zero attached hydrogens (tertiary/aromatic N) is 1. The Morgan fingerprint density at radius 1 is 1.46 bits per heavy atom. The van der Waals surface area contributed by atoms with Gasteiger partial charge in [0, 0.05) is 19.1 Å². The van der Waals surface area contributed by atoms with E-state index in [-0.39, 0.29) is 6.10 Å². The SMILES string of the molecule is COC1C/C(=N/O)c2ccccc21. The van der Waals surface area contributed by atoms with Gasteiger partial charge >= 0.3 is 0 Å². The second-order valence-corrected chi connectivity index (χ2v) is 3.06. The number of methoxy groups -OCH3 is 1. The normalized spacial score (nSPS) is 23.5. The molecule has 1 aliphatic carbocycles. The van der Waals surface area contributed by atoms with Crippen LogP contribution in [0.5, 0.6) is 0 Å². The highest BCUT2D eigenvalue weighted by atomic mass is 16.5. The number of oxime groups is 1. The van der Waals surface area contributed by atoms with Crippen LogP contribution in [0.15, 0.2) is 29.4 Å². The third kappa shape index (κ3) is 1.21. The number of rotatable bonds is 1. The molecule has 0 aromatic heterocycles. The van der Waals surface area contributed by atoms with Crippen molar-refractivity contribution < 1.29 is 9.94 Å². The van der Waals surface area contributed by atoms with Crippen molar-refractivity contribution in [1.29, 1.82) is 0 Å². The summed E-state index contributed by atoms with van der Waals surface area (Å²) in [6.07, 6.45) is 0.703. The van der Waals surface area contributed by atoms with Gasteiger partial charge in [-0.1, -0.05) is 29.4 Å². The summed E-state index contributed by atoms with van der Waals surface area (Å²) in [6, 6.07) is 7.85. The van der Waals surface area contributed by atoms with Crippen LogP contribution in [0, 0.1) is 0 Å². The molecule has 0 saturated heterocycles. The lowest BCUT2D eigenvalue weighted by Gasteiger charge is -2.06. The summed E-state index contributed by atoms with van der Waals surface area (Å²) in [5, 5.41) is 12.0.